The van der Waals surface area contributed by atoms with Crippen LogP contribution >= 0.6 is 22.6 Å². The average molecular weight is 450 g/mol. The summed E-state index contributed by atoms with van der Waals surface area (Å²) in [4.78, 5) is 26.1. The molecule has 1 N–H and O–H groups in total. The SMILES string of the molecule is O=C1C[C@H](NCc2ccc3c(c2)OCO3)C(=O)N1c1ccc(I)cc1. The van der Waals surface area contributed by atoms with Gasteiger partial charge in [-0.3, -0.25) is 9.59 Å². The van der Waals surface area contributed by atoms with E-state index in [-0.39, 0.29) is 25.0 Å². The number of nitrogens with one attached hydrogen (secondary N) is 1. The van der Waals surface area contributed by atoms with Crippen LogP contribution in [0.25, 0.3) is 0 Å². The van der Waals surface area contributed by atoms with Gasteiger partial charge in [0.15, 0.2) is 11.5 Å². The largest absolute Gasteiger partial charge is 0.454 e. The highest BCUT2D eigenvalue weighted by atomic mass is 127. The Labute approximate surface area is 158 Å². The summed E-state index contributed by atoms with van der Waals surface area (Å²) in [6.45, 7) is 0.702. The number of nitrogens with zero attached hydrogens (tertiary/aromatic N) is 1. The zero-order chi connectivity index (χ0) is 17.4. The van der Waals surface area contributed by atoms with Gasteiger partial charge in [0.1, 0.15) is 0 Å². The van der Waals surface area contributed by atoms with Gasteiger partial charge in [0.2, 0.25) is 12.7 Å². The number of amides is 2. The minimum Gasteiger partial charge on any atom is -0.454 e. The zero-order valence-corrected chi connectivity index (χ0v) is 15.4. The van der Waals surface area contributed by atoms with Crippen LogP contribution in [0.15, 0.2) is 42.5 Å². The Hall–Kier alpha value is -2.13. The quantitative estimate of drug-likeness (QED) is 0.573. The van der Waals surface area contributed by atoms with Crippen LogP contribution in [-0.4, -0.2) is 24.6 Å². The summed E-state index contributed by atoms with van der Waals surface area (Å²) in [7, 11) is 0. The van der Waals surface area contributed by atoms with E-state index in [2.05, 4.69) is 27.9 Å². The second-order valence-corrected chi connectivity index (χ2v) is 7.11. The number of hydrogen-bond acceptors (Lipinski definition) is 5. The molecule has 0 aliphatic carbocycles. The molecule has 1 saturated heterocycles. The molecule has 0 saturated carbocycles. The Kier molecular flexibility index (Phi) is 4.34. The number of imide groups is 1. The van der Waals surface area contributed by atoms with Crippen molar-refractivity contribution in [3.63, 3.8) is 0 Å². The number of hydrogen-bond donors (Lipinski definition) is 1. The predicted octanol–water partition coefficient (Wildman–Crippen LogP) is 2.44. The molecule has 0 bridgehead atoms. The molecule has 7 heteroatoms. The number of ether oxygens (including phenoxy) is 2. The molecule has 128 valence electrons. The number of rotatable bonds is 4. The van der Waals surface area contributed by atoms with E-state index in [1.165, 1.54) is 4.90 Å². The van der Waals surface area contributed by atoms with E-state index in [1.807, 2.05) is 30.3 Å². The highest BCUT2D eigenvalue weighted by molar-refractivity contribution is 14.1. The molecule has 4 rings (SSSR count). The van der Waals surface area contributed by atoms with E-state index < -0.39 is 6.04 Å². The molecule has 2 amide bonds. The van der Waals surface area contributed by atoms with E-state index >= 15 is 0 Å². The van der Waals surface area contributed by atoms with E-state index in [1.54, 1.807) is 12.1 Å². The Morgan fingerprint density at radius 1 is 1.08 bits per heavy atom. The van der Waals surface area contributed by atoms with Gasteiger partial charge in [-0.2, -0.15) is 0 Å². The molecule has 25 heavy (non-hydrogen) atoms. The van der Waals surface area contributed by atoms with Crippen LogP contribution in [-0.2, 0) is 16.1 Å². The van der Waals surface area contributed by atoms with E-state index in [4.69, 9.17) is 9.47 Å². The second kappa shape index (κ2) is 6.64. The van der Waals surface area contributed by atoms with E-state index in [0.717, 1.165) is 14.9 Å². The summed E-state index contributed by atoms with van der Waals surface area (Å²) in [5.74, 6) is 1.02. The van der Waals surface area contributed by atoms with Gasteiger partial charge in [-0.1, -0.05) is 6.07 Å². The molecular formula is C18H15IN2O4. The van der Waals surface area contributed by atoms with Gasteiger partial charge >= 0.3 is 0 Å². The minimum atomic E-state index is -0.516. The van der Waals surface area contributed by atoms with Gasteiger partial charge in [0.05, 0.1) is 18.2 Å². The molecule has 2 aromatic carbocycles. The first-order valence-electron chi connectivity index (χ1n) is 7.86. The van der Waals surface area contributed by atoms with Gasteiger partial charge in [0, 0.05) is 10.1 Å². The Balaban J connectivity index is 1.44. The molecule has 0 spiro atoms. The fraction of sp³-hybridized carbons (Fsp3) is 0.222. The summed E-state index contributed by atoms with van der Waals surface area (Å²) >= 11 is 2.19. The van der Waals surface area contributed by atoms with Crippen molar-refractivity contribution in [2.24, 2.45) is 0 Å². The fourth-order valence-electron chi connectivity index (χ4n) is 2.94. The van der Waals surface area contributed by atoms with Gasteiger partial charge in [-0.05, 0) is 64.6 Å². The fourth-order valence-corrected chi connectivity index (χ4v) is 3.30. The second-order valence-electron chi connectivity index (χ2n) is 5.87. The number of carbonyl (C=O) groups excluding carboxylic acids is 2. The third-order valence-electron chi connectivity index (χ3n) is 4.22. The summed E-state index contributed by atoms with van der Waals surface area (Å²) in [5, 5.41) is 3.17. The molecule has 0 radical (unpaired) electrons. The zero-order valence-electron chi connectivity index (χ0n) is 13.2. The molecule has 0 unspecified atom stereocenters. The monoisotopic (exact) mass is 450 g/mol. The lowest BCUT2D eigenvalue weighted by Crippen LogP contribution is -2.38. The van der Waals surface area contributed by atoms with E-state index in [9.17, 15) is 9.59 Å². The Morgan fingerprint density at radius 2 is 1.84 bits per heavy atom. The average Bonchev–Trinajstić information content (AvgIpc) is 3.18. The van der Waals surface area contributed by atoms with Crippen molar-refractivity contribution in [2.75, 3.05) is 11.7 Å². The summed E-state index contributed by atoms with van der Waals surface area (Å²) < 4.78 is 11.7. The maximum Gasteiger partial charge on any atom is 0.251 e. The summed E-state index contributed by atoms with van der Waals surface area (Å²) in [6, 6.07) is 12.5. The van der Waals surface area contributed by atoms with Crippen LogP contribution in [0, 0.1) is 3.57 Å². The van der Waals surface area contributed by atoms with Crippen molar-refractivity contribution in [3.05, 3.63) is 51.6 Å². The number of halogens is 1. The molecule has 0 aromatic heterocycles. The first-order valence-corrected chi connectivity index (χ1v) is 8.94. The maximum atomic E-state index is 12.6. The van der Waals surface area contributed by atoms with Crippen molar-refractivity contribution < 1.29 is 19.1 Å². The lowest BCUT2D eigenvalue weighted by molar-refractivity contribution is -0.121. The van der Waals surface area contributed by atoms with Gasteiger partial charge in [0.25, 0.3) is 5.91 Å². The van der Waals surface area contributed by atoms with Crippen LogP contribution in [0.3, 0.4) is 0 Å². The molecule has 6 nitrogen and oxygen atoms in total. The maximum absolute atomic E-state index is 12.6. The van der Waals surface area contributed by atoms with Crippen molar-refractivity contribution in [1.29, 1.82) is 0 Å². The number of fused-ring (bicyclic) bond motifs is 1. The predicted molar refractivity (Wildman–Crippen MR) is 99.5 cm³/mol. The number of benzene rings is 2. The van der Waals surface area contributed by atoms with Crippen LogP contribution in [0.5, 0.6) is 11.5 Å². The standard InChI is InChI=1S/C18H15IN2O4/c19-12-2-4-13(5-3-12)21-17(22)8-14(18(21)23)20-9-11-1-6-15-16(7-11)25-10-24-15/h1-7,14,20H,8-10H2/t14-/m0/s1. The van der Waals surface area contributed by atoms with Crippen LogP contribution in [0.2, 0.25) is 0 Å². The molecule has 1 atom stereocenters. The van der Waals surface area contributed by atoms with Crippen LogP contribution in [0.4, 0.5) is 5.69 Å². The number of carbonyl (C=O) groups is 2. The highest BCUT2D eigenvalue weighted by Crippen LogP contribution is 2.32. The molecule has 2 heterocycles. The number of anilines is 1. The normalized spacial score (nSPS) is 18.9. The third kappa shape index (κ3) is 3.21. The van der Waals surface area contributed by atoms with Crippen molar-refractivity contribution in [1.82, 2.24) is 5.32 Å². The van der Waals surface area contributed by atoms with Crippen LogP contribution in [0.1, 0.15) is 12.0 Å². The van der Waals surface area contributed by atoms with Gasteiger partial charge in [-0.15, -0.1) is 0 Å². The minimum absolute atomic E-state index is 0.162. The summed E-state index contributed by atoms with van der Waals surface area (Å²) in [6.07, 6.45) is 0.162. The molecule has 2 aliphatic rings. The van der Waals surface area contributed by atoms with Crippen LogP contribution < -0.4 is 19.7 Å². The highest BCUT2D eigenvalue weighted by Gasteiger charge is 2.39. The van der Waals surface area contributed by atoms with Crippen molar-refractivity contribution in [2.45, 2.75) is 19.0 Å². The van der Waals surface area contributed by atoms with Crippen molar-refractivity contribution in [3.8, 4) is 11.5 Å². The summed E-state index contributed by atoms with van der Waals surface area (Å²) in [5.41, 5.74) is 1.58. The smallest absolute Gasteiger partial charge is 0.251 e. The molecule has 1 fully saturated rings. The first-order chi connectivity index (χ1) is 12.1. The lowest BCUT2D eigenvalue weighted by atomic mass is 10.1. The first kappa shape index (κ1) is 16.3. The topological polar surface area (TPSA) is 67.9 Å². The Morgan fingerprint density at radius 3 is 2.64 bits per heavy atom. The molecule has 2 aromatic rings. The van der Waals surface area contributed by atoms with Crippen molar-refractivity contribution >= 4 is 40.1 Å². The molecular weight excluding hydrogens is 435 g/mol. The Bertz CT molecular complexity index is 837. The molecule has 2 aliphatic heterocycles. The lowest BCUT2D eigenvalue weighted by Gasteiger charge is -2.15. The van der Waals surface area contributed by atoms with Gasteiger partial charge < -0.3 is 14.8 Å². The van der Waals surface area contributed by atoms with E-state index in [0.29, 0.717) is 18.0 Å². The van der Waals surface area contributed by atoms with Gasteiger partial charge in [-0.25, -0.2) is 4.90 Å². The third-order valence-corrected chi connectivity index (χ3v) is 4.94.